The summed E-state index contributed by atoms with van der Waals surface area (Å²) < 4.78 is 5.76. The fourth-order valence-corrected chi connectivity index (χ4v) is 4.05. The maximum atomic E-state index is 11.1. The number of ether oxygens (including phenoxy) is 1. The van der Waals surface area contributed by atoms with Crippen molar-refractivity contribution in [2.45, 2.75) is 76.6 Å². The lowest BCUT2D eigenvalue weighted by atomic mass is 9.59. The van der Waals surface area contributed by atoms with Crippen LogP contribution in [0.2, 0.25) is 0 Å². The molecule has 0 aromatic rings. The van der Waals surface area contributed by atoms with Crippen LogP contribution in [0.4, 0.5) is 0 Å². The molecule has 1 saturated carbocycles. The molecule has 0 spiro atoms. The number of aliphatic hydroxyl groups is 1. The van der Waals surface area contributed by atoms with Gasteiger partial charge in [0, 0.05) is 24.8 Å². The minimum atomic E-state index is -0.612. The van der Waals surface area contributed by atoms with Gasteiger partial charge in [0.05, 0.1) is 17.8 Å². The van der Waals surface area contributed by atoms with Gasteiger partial charge in [0.15, 0.2) is 0 Å². The molecule has 3 N–H and O–H groups in total. The van der Waals surface area contributed by atoms with Crippen LogP contribution in [-0.2, 0) is 4.74 Å². The van der Waals surface area contributed by atoms with E-state index in [0.29, 0.717) is 6.54 Å². The van der Waals surface area contributed by atoms with Crippen molar-refractivity contribution >= 4 is 0 Å². The van der Waals surface area contributed by atoms with E-state index in [1.807, 2.05) is 0 Å². The van der Waals surface area contributed by atoms with Gasteiger partial charge in [0.25, 0.3) is 0 Å². The maximum Gasteiger partial charge on any atom is 0.0764 e. The average Bonchev–Trinajstić information content (AvgIpc) is 2.28. The predicted molar refractivity (Wildman–Crippen MR) is 68.8 cm³/mol. The van der Waals surface area contributed by atoms with Gasteiger partial charge in [0.1, 0.15) is 0 Å². The van der Waals surface area contributed by atoms with Crippen molar-refractivity contribution in [3.63, 3.8) is 0 Å². The standard InChI is InChI=1S/C14H27NO2/c1-11-8-14(16,9-12(2)17-11)13(10-15)6-4-3-5-7-13/h11-12,16H,3-10,15H2,1-2H3. The van der Waals surface area contributed by atoms with Crippen molar-refractivity contribution in [2.75, 3.05) is 6.54 Å². The molecule has 0 radical (unpaired) electrons. The predicted octanol–water partition coefficient (Wildman–Crippen LogP) is 2.21. The highest BCUT2D eigenvalue weighted by Crippen LogP contribution is 2.50. The van der Waals surface area contributed by atoms with Crippen LogP contribution >= 0.6 is 0 Å². The molecule has 2 atom stereocenters. The van der Waals surface area contributed by atoms with E-state index in [9.17, 15) is 5.11 Å². The molecule has 0 amide bonds. The Hall–Kier alpha value is -0.120. The number of nitrogens with two attached hydrogens (primary N) is 1. The lowest BCUT2D eigenvalue weighted by molar-refractivity contribution is -0.193. The van der Waals surface area contributed by atoms with Gasteiger partial charge in [-0.2, -0.15) is 0 Å². The van der Waals surface area contributed by atoms with E-state index in [2.05, 4.69) is 13.8 Å². The van der Waals surface area contributed by atoms with E-state index in [0.717, 1.165) is 25.7 Å². The molecule has 1 heterocycles. The molecule has 17 heavy (non-hydrogen) atoms. The van der Waals surface area contributed by atoms with Crippen molar-refractivity contribution in [3.8, 4) is 0 Å². The summed E-state index contributed by atoms with van der Waals surface area (Å²) in [5.74, 6) is 0. The van der Waals surface area contributed by atoms with Crippen LogP contribution in [0, 0.1) is 5.41 Å². The Balaban J connectivity index is 2.21. The van der Waals surface area contributed by atoms with Gasteiger partial charge in [-0.05, 0) is 26.7 Å². The first-order valence-corrected chi connectivity index (χ1v) is 7.09. The fraction of sp³-hybridized carbons (Fsp3) is 1.00. The molecule has 0 bridgehead atoms. The second-order valence-corrected chi connectivity index (χ2v) is 6.24. The second kappa shape index (κ2) is 4.87. The third-order valence-corrected chi connectivity index (χ3v) is 4.90. The third-order valence-electron chi connectivity index (χ3n) is 4.90. The Bertz CT molecular complexity index is 251. The van der Waals surface area contributed by atoms with Gasteiger partial charge < -0.3 is 15.6 Å². The van der Waals surface area contributed by atoms with E-state index in [-0.39, 0.29) is 17.6 Å². The van der Waals surface area contributed by atoms with Gasteiger partial charge in [0.2, 0.25) is 0 Å². The van der Waals surface area contributed by atoms with Crippen LogP contribution in [0.1, 0.15) is 58.8 Å². The van der Waals surface area contributed by atoms with Gasteiger partial charge in [-0.25, -0.2) is 0 Å². The molecule has 100 valence electrons. The number of rotatable bonds is 2. The molecule has 1 aliphatic carbocycles. The first-order valence-electron chi connectivity index (χ1n) is 7.09. The Morgan fingerprint density at radius 1 is 1.12 bits per heavy atom. The van der Waals surface area contributed by atoms with Gasteiger partial charge >= 0.3 is 0 Å². The molecule has 2 unspecified atom stereocenters. The van der Waals surface area contributed by atoms with Gasteiger partial charge in [-0.3, -0.25) is 0 Å². The molecule has 3 heteroatoms. The molecule has 0 aromatic heterocycles. The van der Waals surface area contributed by atoms with Crippen LogP contribution in [0.15, 0.2) is 0 Å². The van der Waals surface area contributed by atoms with Crippen LogP contribution in [-0.4, -0.2) is 29.5 Å². The minimum Gasteiger partial charge on any atom is -0.389 e. The van der Waals surface area contributed by atoms with E-state index in [1.165, 1.54) is 19.3 Å². The summed E-state index contributed by atoms with van der Waals surface area (Å²) in [6.07, 6.45) is 7.66. The van der Waals surface area contributed by atoms with E-state index in [4.69, 9.17) is 10.5 Å². The zero-order valence-corrected chi connectivity index (χ0v) is 11.2. The zero-order valence-electron chi connectivity index (χ0n) is 11.2. The third kappa shape index (κ3) is 2.38. The summed E-state index contributed by atoms with van der Waals surface area (Å²) in [4.78, 5) is 0. The van der Waals surface area contributed by atoms with E-state index in [1.54, 1.807) is 0 Å². The molecule has 1 saturated heterocycles. The Morgan fingerprint density at radius 3 is 2.12 bits per heavy atom. The topological polar surface area (TPSA) is 55.5 Å². The molecule has 3 nitrogen and oxygen atoms in total. The van der Waals surface area contributed by atoms with Gasteiger partial charge in [-0.1, -0.05) is 19.3 Å². The molecule has 1 aliphatic heterocycles. The monoisotopic (exact) mass is 241 g/mol. The Kier molecular flexibility index (Phi) is 3.81. The van der Waals surface area contributed by atoms with Crippen LogP contribution in [0.3, 0.4) is 0 Å². The van der Waals surface area contributed by atoms with Crippen molar-refractivity contribution < 1.29 is 9.84 Å². The largest absolute Gasteiger partial charge is 0.389 e. The first-order chi connectivity index (χ1) is 8.01. The lowest BCUT2D eigenvalue weighted by Crippen LogP contribution is -2.58. The molecular weight excluding hydrogens is 214 g/mol. The van der Waals surface area contributed by atoms with Crippen molar-refractivity contribution in [1.82, 2.24) is 0 Å². The SMILES string of the molecule is CC1CC(O)(C2(CN)CCCCC2)CC(C)O1. The second-order valence-electron chi connectivity index (χ2n) is 6.24. The van der Waals surface area contributed by atoms with E-state index < -0.39 is 5.60 Å². The summed E-state index contributed by atoms with van der Waals surface area (Å²) in [6, 6.07) is 0. The highest BCUT2D eigenvalue weighted by atomic mass is 16.5. The molecule has 2 fully saturated rings. The van der Waals surface area contributed by atoms with Gasteiger partial charge in [-0.15, -0.1) is 0 Å². The highest BCUT2D eigenvalue weighted by molar-refractivity contribution is 5.04. The highest BCUT2D eigenvalue weighted by Gasteiger charge is 2.52. The summed E-state index contributed by atoms with van der Waals surface area (Å²) >= 11 is 0. The van der Waals surface area contributed by atoms with E-state index >= 15 is 0 Å². The quantitative estimate of drug-likeness (QED) is 0.779. The summed E-state index contributed by atoms with van der Waals surface area (Å²) in [5.41, 5.74) is 5.37. The van der Waals surface area contributed by atoms with Crippen LogP contribution < -0.4 is 5.73 Å². The van der Waals surface area contributed by atoms with Crippen molar-refractivity contribution in [3.05, 3.63) is 0 Å². The molecule has 0 aromatic carbocycles. The first kappa shape index (κ1) is 13.3. The smallest absolute Gasteiger partial charge is 0.0764 e. The Morgan fingerprint density at radius 2 is 1.65 bits per heavy atom. The van der Waals surface area contributed by atoms with Crippen LogP contribution in [0.25, 0.3) is 0 Å². The maximum absolute atomic E-state index is 11.1. The molecular formula is C14H27NO2. The summed E-state index contributed by atoms with van der Waals surface area (Å²) in [6.45, 7) is 4.74. The average molecular weight is 241 g/mol. The number of hydrogen-bond acceptors (Lipinski definition) is 3. The van der Waals surface area contributed by atoms with Crippen molar-refractivity contribution in [2.24, 2.45) is 11.1 Å². The lowest BCUT2D eigenvalue weighted by Gasteiger charge is -2.53. The molecule has 2 rings (SSSR count). The summed E-state index contributed by atoms with van der Waals surface area (Å²) in [7, 11) is 0. The van der Waals surface area contributed by atoms with Crippen LogP contribution in [0.5, 0.6) is 0 Å². The zero-order chi connectivity index (χ0) is 12.5. The number of hydrogen-bond donors (Lipinski definition) is 2. The Labute approximate surface area is 105 Å². The minimum absolute atomic E-state index is 0.0580. The fourth-order valence-electron chi connectivity index (χ4n) is 4.05. The summed E-state index contributed by atoms with van der Waals surface area (Å²) in [5, 5.41) is 11.1. The normalized spacial score (nSPS) is 42.4. The molecule has 2 aliphatic rings. The van der Waals surface area contributed by atoms with Crippen molar-refractivity contribution in [1.29, 1.82) is 0 Å².